The van der Waals surface area contributed by atoms with E-state index < -0.39 is 10.0 Å². The smallest absolute Gasteiger partial charge is 0.244 e. The number of hydrogen-bond donors (Lipinski definition) is 1. The van der Waals surface area contributed by atoms with Crippen LogP contribution in [-0.4, -0.2) is 35.8 Å². The molecule has 0 aliphatic heterocycles. The van der Waals surface area contributed by atoms with Gasteiger partial charge in [0.1, 0.15) is 28.8 Å². The van der Waals surface area contributed by atoms with Crippen molar-refractivity contribution in [3.63, 3.8) is 0 Å². The van der Waals surface area contributed by atoms with Crippen LogP contribution in [0.4, 0.5) is 0 Å². The highest BCUT2D eigenvalue weighted by Gasteiger charge is 2.19. The SMILES string of the molecule is COc1ccc(OCCNS(=O)(=O)c2cc(Br)ccc2OC)cc1. The first kappa shape index (κ1) is 18.6. The Bertz CT molecular complexity index is 778. The van der Waals surface area contributed by atoms with Crippen LogP contribution in [0.1, 0.15) is 0 Å². The van der Waals surface area contributed by atoms with Crippen molar-refractivity contribution in [1.82, 2.24) is 4.72 Å². The molecule has 0 aromatic heterocycles. The summed E-state index contributed by atoms with van der Waals surface area (Å²) >= 11 is 3.26. The maximum absolute atomic E-state index is 12.4. The summed E-state index contributed by atoms with van der Waals surface area (Å²) in [7, 11) is -0.686. The average molecular weight is 416 g/mol. The zero-order chi connectivity index (χ0) is 17.6. The third-order valence-corrected chi connectivity index (χ3v) is 5.11. The van der Waals surface area contributed by atoms with Crippen molar-refractivity contribution >= 4 is 26.0 Å². The molecule has 0 fully saturated rings. The molecule has 0 atom stereocenters. The number of rotatable bonds is 8. The van der Waals surface area contributed by atoms with Gasteiger partial charge in [-0.2, -0.15) is 0 Å². The lowest BCUT2D eigenvalue weighted by molar-refractivity contribution is 0.321. The van der Waals surface area contributed by atoms with Gasteiger partial charge in [-0.3, -0.25) is 0 Å². The second-order valence-electron chi connectivity index (χ2n) is 4.72. The van der Waals surface area contributed by atoms with Crippen LogP contribution in [0.5, 0.6) is 17.2 Å². The number of sulfonamides is 1. The van der Waals surface area contributed by atoms with Crippen LogP contribution >= 0.6 is 15.9 Å². The molecule has 0 amide bonds. The third kappa shape index (κ3) is 4.86. The molecule has 0 saturated carbocycles. The molecule has 0 spiro atoms. The van der Waals surface area contributed by atoms with Crippen molar-refractivity contribution in [2.45, 2.75) is 4.90 Å². The fraction of sp³-hybridized carbons (Fsp3) is 0.250. The van der Waals surface area contributed by atoms with Gasteiger partial charge in [0.05, 0.1) is 14.2 Å². The van der Waals surface area contributed by atoms with Crippen LogP contribution in [-0.2, 0) is 10.0 Å². The van der Waals surface area contributed by atoms with Crippen molar-refractivity contribution in [1.29, 1.82) is 0 Å². The minimum absolute atomic E-state index is 0.0730. The van der Waals surface area contributed by atoms with Gasteiger partial charge in [0.25, 0.3) is 0 Å². The Labute approximate surface area is 149 Å². The van der Waals surface area contributed by atoms with Gasteiger partial charge in [-0.25, -0.2) is 13.1 Å². The summed E-state index contributed by atoms with van der Waals surface area (Å²) in [5, 5.41) is 0. The molecule has 130 valence electrons. The average Bonchev–Trinajstić information content (AvgIpc) is 2.59. The first-order chi connectivity index (χ1) is 11.5. The second kappa shape index (κ2) is 8.36. The third-order valence-electron chi connectivity index (χ3n) is 3.14. The Morgan fingerprint density at radius 1 is 1.00 bits per heavy atom. The van der Waals surface area contributed by atoms with Crippen molar-refractivity contribution < 1.29 is 22.6 Å². The van der Waals surface area contributed by atoms with Gasteiger partial charge in [0, 0.05) is 11.0 Å². The minimum Gasteiger partial charge on any atom is -0.497 e. The van der Waals surface area contributed by atoms with E-state index in [1.807, 2.05) is 0 Å². The van der Waals surface area contributed by atoms with E-state index in [1.165, 1.54) is 13.2 Å². The fourth-order valence-electron chi connectivity index (χ4n) is 1.96. The van der Waals surface area contributed by atoms with E-state index in [0.717, 1.165) is 5.75 Å². The number of benzene rings is 2. The zero-order valence-corrected chi connectivity index (χ0v) is 15.7. The minimum atomic E-state index is -3.70. The molecule has 6 nitrogen and oxygen atoms in total. The Morgan fingerprint density at radius 3 is 2.29 bits per heavy atom. The molecule has 2 aromatic rings. The Hall–Kier alpha value is -1.77. The summed E-state index contributed by atoms with van der Waals surface area (Å²) < 4.78 is 43.5. The summed E-state index contributed by atoms with van der Waals surface area (Å²) in [6.45, 7) is 0.325. The monoisotopic (exact) mass is 415 g/mol. The summed E-state index contributed by atoms with van der Waals surface area (Å²) in [5.74, 6) is 1.64. The van der Waals surface area contributed by atoms with E-state index in [0.29, 0.717) is 10.2 Å². The number of ether oxygens (including phenoxy) is 3. The summed E-state index contributed by atoms with van der Waals surface area (Å²) in [4.78, 5) is 0.0730. The van der Waals surface area contributed by atoms with Crippen molar-refractivity contribution in [2.24, 2.45) is 0 Å². The maximum Gasteiger partial charge on any atom is 0.244 e. The molecule has 0 bridgehead atoms. The normalized spacial score (nSPS) is 11.1. The van der Waals surface area contributed by atoms with Gasteiger partial charge in [0.15, 0.2) is 0 Å². The van der Waals surface area contributed by atoms with Crippen molar-refractivity contribution in [2.75, 3.05) is 27.4 Å². The number of methoxy groups -OCH3 is 2. The number of hydrogen-bond acceptors (Lipinski definition) is 5. The summed E-state index contributed by atoms with van der Waals surface area (Å²) in [6, 6.07) is 11.8. The first-order valence-corrected chi connectivity index (χ1v) is 9.34. The largest absolute Gasteiger partial charge is 0.497 e. The highest BCUT2D eigenvalue weighted by atomic mass is 79.9. The second-order valence-corrected chi connectivity index (χ2v) is 7.37. The van der Waals surface area contributed by atoms with Gasteiger partial charge >= 0.3 is 0 Å². The standard InChI is InChI=1S/C16H18BrNO5S/c1-21-13-4-6-14(7-5-13)23-10-9-18-24(19,20)16-11-12(17)3-8-15(16)22-2/h3-8,11,18H,9-10H2,1-2H3. The molecule has 2 aromatic carbocycles. The molecule has 2 rings (SSSR count). The molecule has 24 heavy (non-hydrogen) atoms. The van der Waals surface area contributed by atoms with E-state index in [2.05, 4.69) is 20.7 Å². The van der Waals surface area contributed by atoms with Crippen LogP contribution < -0.4 is 18.9 Å². The predicted molar refractivity (Wildman–Crippen MR) is 94.4 cm³/mol. The quantitative estimate of drug-likeness (QED) is 0.670. The van der Waals surface area contributed by atoms with Gasteiger partial charge in [-0.15, -0.1) is 0 Å². The topological polar surface area (TPSA) is 73.9 Å². The van der Waals surface area contributed by atoms with E-state index in [9.17, 15) is 8.42 Å². The lowest BCUT2D eigenvalue weighted by Gasteiger charge is -2.12. The Morgan fingerprint density at radius 2 is 1.67 bits per heavy atom. The molecule has 8 heteroatoms. The van der Waals surface area contributed by atoms with Crippen LogP contribution in [0.3, 0.4) is 0 Å². The Balaban J connectivity index is 1.94. The van der Waals surface area contributed by atoms with E-state index in [-0.39, 0.29) is 23.8 Å². The first-order valence-electron chi connectivity index (χ1n) is 7.06. The van der Waals surface area contributed by atoms with Crippen molar-refractivity contribution in [3.05, 3.63) is 46.9 Å². The molecule has 0 saturated heterocycles. The predicted octanol–water partition coefficient (Wildman–Crippen LogP) is 2.82. The zero-order valence-electron chi connectivity index (χ0n) is 13.3. The summed E-state index contributed by atoms with van der Waals surface area (Å²) in [6.07, 6.45) is 0. The molecule has 0 radical (unpaired) electrons. The Kier molecular flexibility index (Phi) is 6.47. The maximum atomic E-state index is 12.4. The summed E-state index contributed by atoms with van der Waals surface area (Å²) in [5.41, 5.74) is 0. The molecule has 0 unspecified atom stereocenters. The highest BCUT2D eigenvalue weighted by Crippen LogP contribution is 2.27. The fourth-order valence-corrected chi connectivity index (χ4v) is 3.67. The van der Waals surface area contributed by atoms with Crippen LogP contribution in [0, 0.1) is 0 Å². The van der Waals surface area contributed by atoms with E-state index >= 15 is 0 Å². The number of nitrogens with one attached hydrogen (secondary N) is 1. The van der Waals surface area contributed by atoms with E-state index in [4.69, 9.17) is 14.2 Å². The van der Waals surface area contributed by atoms with Gasteiger partial charge in [0.2, 0.25) is 10.0 Å². The lowest BCUT2D eigenvalue weighted by Crippen LogP contribution is -2.28. The van der Waals surface area contributed by atoms with Gasteiger partial charge < -0.3 is 14.2 Å². The molecule has 0 aliphatic rings. The van der Waals surface area contributed by atoms with Gasteiger partial charge in [-0.05, 0) is 42.5 Å². The molecular formula is C16H18BrNO5S. The van der Waals surface area contributed by atoms with Crippen molar-refractivity contribution in [3.8, 4) is 17.2 Å². The molecule has 0 heterocycles. The number of halogens is 1. The van der Waals surface area contributed by atoms with Crippen LogP contribution in [0.2, 0.25) is 0 Å². The molecular weight excluding hydrogens is 398 g/mol. The van der Waals surface area contributed by atoms with E-state index in [1.54, 1.807) is 43.5 Å². The van der Waals surface area contributed by atoms with Crippen LogP contribution in [0.25, 0.3) is 0 Å². The van der Waals surface area contributed by atoms with Crippen LogP contribution in [0.15, 0.2) is 51.8 Å². The molecule has 0 aliphatic carbocycles. The molecule has 1 N–H and O–H groups in total. The lowest BCUT2D eigenvalue weighted by atomic mass is 10.3. The highest BCUT2D eigenvalue weighted by molar-refractivity contribution is 9.10. The van der Waals surface area contributed by atoms with Gasteiger partial charge in [-0.1, -0.05) is 15.9 Å².